The van der Waals surface area contributed by atoms with Crippen molar-refractivity contribution in [3.63, 3.8) is 0 Å². The molecule has 0 bridgehead atoms. The minimum absolute atomic E-state index is 0.00564. The molecule has 1 heterocycles. The Labute approximate surface area is 90.8 Å². The van der Waals surface area contributed by atoms with Gasteiger partial charge in [0.25, 0.3) is 0 Å². The molecule has 1 rings (SSSR count). The number of nitriles is 1. The molecule has 0 aromatic rings. The summed E-state index contributed by atoms with van der Waals surface area (Å²) in [5.41, 5.74) is 0. The Morgan fingerprint density at radius 3 is 2.87 bits per heavy atom. The van der Waals surface area contributed by atoms with Crippen LogP contribution in [-0.2, 0) is 9.53 Å². The van der Waals surface area contributed by atoms with E-state index in [2.05, 4.69) is 6.07 Å². The lowest BCUT2D eigenvalue weighted by molar-refractivity contribution is -0.137. The first-order valence-corrected chi connectivity index (χ1v) is 5.42. The van der Waals surface area contributed by atoms with E-state index in [9.17, 15) is 4.79 Å². The van der Waals surface area contributed by atoms with E-state index in [1.807, 2.05) is 13.8 Å². The van der Waals surface area contributed by atoms with Gasteiger partial charge in [-0.05, 0) is 20.3 Å². The Bertz CT molecular complexity index is 252. The molecule has 0 spiro atoms. The lowest BCUT2D eigenvalue weighted by Crippen LogP contribution is -2.41. The molecular formula is C11H18N2O2. The van der Waals surface area contributed by atoms with Crippen LogP contribution < -0.4 is 0 Å². The average molecular weight is 210 g/mol. The van der Waals surface area contributed by atoms with Gasteiger partial charge in [-0.2, -0.15) is 5.26 Å². The summed E-state index contributed by atoms with van der Waals surface area (Å²) in [7, 11) is 0. The lowest BCUT2D eigenvalue weighted by atomic mass is 10.1. The second-order valence-corrected chi connectivity index (χ2v) is 4.09. The zero-order chi connectivity index (χ0) is 11.3. The van der Waals surface area contributed by atoms with E-state index < -0.39 is 0 Å². The largest absolute Gasteiger partial charge is 0.381 e. The van der Waals surface area contributed by atoms with Crippen molar-refractivity contribution in [3.8, 4) is 6.07 Å². The SMILES string of the molecule is CC(C)N(CCC#N)C(=O)C1CCOC1. The third-order valence-electron chi connectivity index (χ3n) is 2.65. The van der Waals surface area contributed by atoms with Crippen molar-refractivity contribution >= 4 is 5.91 Å². The first-order chi connectivity index (χ1) is 7.16. The molecule has 1 amide bonds. The summed E-state index contributed by atoms with van der Waals surface area (Å²) in [5, 5.41) is 8.53. The molecule has 1 saturated heterocycles. The molecule has 1 atom stereocenters. The predicted octanol–water partition coefficient (Wildman–Crippen LogP) is 1.17. The number of hydrogen-bond acceptors (Lipinski definition) is 3. The number of carbonyl (C=O) groups is 1. The molecule has 4 heteroatoms. The molecule has 0 aromatic heterocycles. The van der Waals surface area contributed by atoms with Crippen molar-refractivity contribution in [3.05, 3.63) is 0 Å². The molecule has 1 fully saturated rings. The van der Waals surface area contributed by atoms with Crippen LogP contribution in [0.15, 0.2) is 0 Å². The molecule has 1 aliphatic rings. The van der Waals surface area contributed by atoms with Gasteiger partial charge in [-0.25, -0.2) is 0 Å². The number of carbonyl (C=O) groups excluding carboxylic acids is 1. The Kier molecular flexibility index (Phi) is 4.57. The number of hydrogen-bond donors (Lipinski definition) is 0. The van der Waals surface area contributed by atoms with Gasteiger partial charge in [-0.3, -0.25) is 4.79 Å². The maximum atomic E-state index is 12.0. The molecule has 0 aliphatic carbocycles. The summed E-state index contributed by atoms with van der Waals surface area (Å²) in [4.78, 5) is 13.8. The fourth-order valence-corrected chi connectivity index (χ4v) is 1.76. The van der Waals surface area contributed by atoms with E-state index in [1.165, 1.54) is 0 Å². The van der Waals surface area contributed by atoms with Gasteiger partial charge < -0.3 is 9.64 Å². The molecule has 0 saturated carbocycles. The topological polar surface area (TPSA) is 53.3 Å². The van der Waals surface area contributed by atoms with Crippen molar-refractivity contribution in [2.75, 3.05) is 19.8 Å². The van der Waals surface area contributed by atoms with E-state index in [0.717, 1.165) is 6.42 Å². The highest BCUT2D eigenvalue weighted by atomic mass is 16.5. The van der Waals surface area contributed by atoms with Crippen LogP contribution in [0.5, 0.6) is 0 Å². The summed E-state index contributed by atoms with van der Waals surface area (Å²) >= 11 is 0. The monoisotopic (exact) mass is 210 g/mol. The maximum Gasteiger partial charge on any atom is 0.228 e. The van der Waals surface area contributed by atoms with Gasteiger partial charge >= 0.3 is 0 Å². The molecule has 15 heavy (non-hydrogen) atoms. The van der Waals surface area contributed by atoms with E-state index >= 15 is 0 Å². The van der Waals surface area contributed by atoms with Crippen molar-refractivity contribution in [2.45, 2.75) is 32.7 Å². The zero-order valence-electron chi connectivity index (χ0n) is 9.40. The number of amides is 1. The van der Waals surface area contributed by atoms with Gasteiger partial charge in [-0.15, -0.1) is 0 Å². The first-order valence-electron chi connectivity index (χ1n) is 5.42. The van der Waals surface area contributed by atoms with Crippen molar-refractivity contribution in [2.24, 2.45) is 5.92 Å². The van der Waals surface area contributed by atoms with E-state index in [0.29, 0.717) is 26.2 Å². The highest BCUT2D eigenvalue weighted by Crippen LogP contribution is 2.17. The molecule has 4 nitrogen and oxygen atoms in total. The summed E-state index contributed by atoms with van der Waals surface area (Å²) in [5.74, 6) is 0.142. The van der Waals surface area contributed by atoms with Crippen LogP contribution >= 0.6 is 0 Å². The minimum atomic E-state index is 0.00564. The second-order valence-electron chi connectivity index (χ2n) is 4.09. The standard InChI is InChI=1S/C11H18N2O2/c1-9(2)13(6-3-5-12)11(14)10-4-7-15-8-10/h9-10H,3-4,6-8H2,1-2H3. The molecule has 1 aliphatic heterocycles. The van der Waals surface area contributed by atoms with Crippen LogP contribution in [0.25, 0.3) is 0 Å². The Hall–Kier alpha value is -1.08. The predicted molar refractivity (Wildman–Crippen MR) is 56.0 cm³/mol. The van der Waals surface area contributed by atoms with Gasteiger partial charge in [0.2, 0.25) is 5.91 Å². The van der Waals surface area contributed by atoms with Gasteiger partial charge in [0.05, 0.1) is 25.0 Å². The van der Waals surface area contributed by atoms with Crippen molar-refractivity contribution in [1.29, 1.82) is 5.26 Å². The summed E-state index contributed by atoms with van der Waals surface area (Å²) < 4.78 is 5.20. The molecule has 84 valence electrons. The highest BCUT2D eigenvalue weighted by Gasteiger charge is 2.28. The van der Waals surface area contributed by atoms with E-state index in [4.69, 9.17) is 10.00 Å². The van der Waals surface area contributed by atoms with Crippen molar-refractivity contribution in [1.82, 2.24) is 4.90 Å². The average Bonchev–Trinajstić information content (AvgIpc) is 2.70. The molecule has 1 unspecified atom stereocenters. The third kappa shape index (κ3) is 3.21. The normalized spacial score (nSPS) is 20.3. The number of ether oxygens (including phenoxy) is 1. The minimum Gasteiger partial charge on any atom is -0.381 e. The van der Waals surface area contributed by atoms with E-state index in [-0.39, 0.29) is 17.9 Å². The van der Waals surface area contributed by atoms with Crippen LogP contribution in [0, 0.1) is 17.2 Å². The highest BCUT2D eigenvalue weighted by molar-refractivity contribution is 5.79. The van der Waals surface area contributed by atoms with Gasteiger partial charge in [-0.1, -0.05) is 0 Å². The number of rotatable bonds is 4. The van der Waals surface area contributed by atoms with Crippen LogP contribution in [0.3, 0.4) is 0 Å². The molecule has 0 radical (unpaired) electrons. The van der Waals surface area contributed by atoms with Gasteiger partial charge in [0.15, 0.2) is 0 Å². The molecule has 0 aromatic carbocycles. The number of nitrogens with zero attached hydrogens (tertiary/aromatic N) is 2. The van der Waals surface area contributed by atoms with E-state index in [1.54, 1.807) is 4.90 Å². The Morgan fingerprint density at radius 2 is 2.40 bits per heavy atom. The molecule has 0 N–H and O–H groups in total. The maximum absolute atomic E-state index is 12.0. The first kappa shape index (κ1) is 12.0. The summed E-state index contributed by atoms with van der Waals surface area (Å²) in [6, 6.07) is 2.23. The van der Waals surface area contributed by atoms with Crippen LogP contribution in [0.4, 0.5) is 0 Å². The van der Waals surface area contributed by atoms with Gasteiger partial charge in [0.1, 0.15) is 0 Å². The van der Waals surface area contributed by atoms with Crippen LogP contribution in [-0.4, -0.2) is 36.6 Å². The van der Waals surface area contributed by atoms with Crippen LogP contribution in [0.2, 0.25) is 0 Å². The Morgan fingerprint density at radius 1 is 1.67 bits per heavy atom. The van der Waals surface area contributed by atoms with Gasteiger partial charge in [0, 0.05) is 19.2 Å². The third-order valence-corrected chi connectivity index (χ3v) is 2.65. The smallest absolute Gasteiger partial charge is 0.228 e. The van der Waals surface area contributed by atoms with Crippen molar-refractivity contribution < 1.29 is 9.53 Å². The molecular weight excluding hydrogens is 192 g/mol. The zero-order valence-corrected chi connectivity index (χ0v) is 9.40. The fourth-order valence-electron chi connectivity index (χ4n) is 1.76. The second kappa shape index (κ2) is 5.72. The lowest BCUT2D eigenvalue weighted by Gasteiger charge is -2.28. The Balaban J connectivity index is 2.54. The summed E-state index contributed by atoms with van der Waals surface area (Å²) in [6.07, 6.45) is 1.21. The quantitative estimate of drug-likeness (QED) is 0.700. The fraction of sp³-hybridized carbons (Fsp3) is 0.818. The summed E-state index contributed by atoms with van der Waals surface area (Å²) in [6.45, 7) is 5.70. The van der Waals surface area contributed by atoms with Crippen LogP contribution in [0.1, 0.15) is 26.7 Å².